The molecule has 78 valence electrons. The number of benzene rings is 1. The van der Waals surface area contributed by atoms with Crippen molar-refractivity contribution in [2.45, 2.75) is 6.54 Å². The van der Waals surface area contributed by atoms with Crippen LogP contribution in [0.15, 0.2) is 42.7 Å². The molecule has 1 N–H and O–H groups in total. The first kappa shape index (κ1) is 9.67. The Labute approximate surface area is 87.6 Å². The number of nitrogens with one attached hydrogen (secondary N) is 1. The van der Waals surface area contributed by atoms with E-state index in [4.69, 9.17) is 4.84 Å². The van der Waals surface area contributed by atoms with Gasteiger partial charge in [0.15, 0.2) is 0 Å². The van der Waals surface area contributed by atoms with Crippen LogP contribution in [0.5, 0.6) is 0 Å². The minimum absolute atomic E-state index is 0.517. The Hall–Kier alpha value is -1.88. The molecule has 0 radical (unpaired) electrons. The van der Waals surface area contributed by atoms with Gasteiger partial charge in [-0.15, -0.1) is 0 Å². The Morgan fingerprint density at radius 2 is 1.87 bits per heavy atom. The van der Waals surface area contributed by atoms with Crippen LogP contribution in [0.3, 0.4) is 0 Å². The van der Waals surface area contributed by atoms with Gasteiger partial charge in [-0.25, -0.2) is 0 Å². The first-order valence-electron chi connectivity index (χ1n) is 4.72. The van der Waals surface area contributed by atoms with Crippen molar-refractivity contribution >= 4 is 5.69 Å². The van der Waals surface area contributed by atoms with E-state index in [2.05, 4.69) is 15.7 Å². The van der Waals surface area contributed by atoms with Crippen molar-refractivity contribution in [3.63, 3.8) is 0 Å². The van der Waals surface area contributed by atoms with Crippen molar-refractivity contribution in [2.75, 3.05) is 12.1 Å². The van der Waals surface area contributed by atoms with E-state index in [0.717, 1.165) is 5.69 Å². The van der Waals surface area contributed by atoms with Gasteiger partial charge in [0.2, 0.25) is 0 Å². The summed E-state index contributed by atoms with van der Waals surface area (Å²) in [7, 11) is 0. The van der Waals surface area contributed by atoms with Gasteiger partial charge in [0.25, 0.3) is 0 Å². The van der Waals surface area contributed by atoms with Crippen molar-refractivity contribution in [3.8, 4) is 0 Å². The van der Waals surface area contributed by atoms with Crippen molar-refractivity contribution in [2.24, 2.45) is 0 Å². The minimum atomic E-state index is 0.517. The van der Waals surface area contributed by atoms with Crippen LogP contribution in [0.4, 0.5) is 5.69 Å². The van der Waals surface area contributed by atoms with Gasteiger partial charge in [-0.3, -0.25) is 10.3 Å². The highest BCUT2D eigenvalue weighted by molar-refractivity contribution is 5.39. The van der Waals surface area contributed by atoms with Gasteiger partial charge in [0.1, 0.15) is 0 Å². The second-order valence-electron chi connectivity index (χ2n) is 2.94. The summed E-state index contributed by atoms with van der Waals surface area (Å²) in [5.74, 6) is 0. The summed E-state index contributed by atoms with van der Waals surface area (Å²) in [5.41, 5.74) is 3.77. The van der Waals surface area contributed by atoms with Crippen molar-refractivity contribution in [3.05, 3.63) is 42.7 Å². The van der Waals surface area contributed by atoms with Crippen LogP contribution in [0.1, 0.15) is 0 Å². The number of hydrogen-bond acceptors (Lipinski definition) is 4. The highest BCUT2D eigenvalue weighted by atomic mass is 16.6. The van der Waals surface area contributed by atoms with Crippen LogP contribution in [0.25, 0.3) is 0 Å². The van der Waals surface area contributed by atoms with Crippen LogP contribution in [-0.4, -0.2) is 21.6 Å². The van der Waals surface area contributed by atoms with Crippen LogP contribution < -0.4 is 5.48 Å². The number of para-hydroxylation sites is 1. The molecule has 0 fully saturated rings. The zero-order valence-corrected chi connectivity index (χ0v) is 8.21. The van der Waals surface area contributed by atoms with Gasteiger partial charge in [0, 0.05) is 0 Å². The lowest BCUT2D eigenvalue weighted by atomic mass is 10.3. The van der Waals surface area contributed by atoms with Crippen LogP contribution in [0.2, 0.25) is 0 Å². The molecular formula is C10H12N4O. The first-order valence-corrected chi connectivity index (χ1v) is 4.72. The van der Waals surface area contributed by atoms with Gasteiger partial charge in [-0.1, -0.05) is 18.2 Å². The number of nitrogens with zero attached hydrogens (tertiary/aromatic N) is 3. The highest BCUT2D eigenvalue weighted by Gasteiger charge is 1.92. The Kier molecular flexibility index (Phi) is 3.30. The van der Waals surface area contributed by atoms with Gasteiger partial charge < -0.3 is 0 Å². The molecule has 0 bridgehead atoms. The molecule has 0 aliphatic heterocycles. The average molecular weight is 204 g/mol. The predicted molar refractivity (Wildman–Crippen MR) is 56.0 cm³/mol. The zero-order chi connectivity index (χ0) is 10.3. The lowest BCUT2D eigenvalue weighted by Crippen LogP contribution is -2.11. The van der Waals surface area contributed by atoms with Gasteiger partial charge in [-0.2, -0.15) is 15.0 Å². The summed E-state index contributed by atoms with van der Waals surface area (Å²) in [6, 6.07) is 9.72. The normalized spacial score (nSPS) is 10.1. The third-order valence-corrected chi connectivity index (χ3v) is 1.82. The lowest BCUT2D eigenvalue weighted by molar-refractivity contribution is 0.174. The van der Waals surface area contributed by atoms with E-state index in [-0.39, 0.29) is 0 Å². The van der Waals surface area contributed by atoms with Crippen molar-refractivity contribution in [1.29, 1.82) is 0 Å². The number of aromatic nitrogens is 3. The number of anilines is 1. The molecule has 5 nitrogen and oxygen atoms in total. The molecule has 5 heteroatoms. The van der Waals surface area contributed by atoms with E-state index in [9.17, 15) is 0 Å². The second kappa shape index (κ2) is 5.11. The lowest BCUT2D eigenvalue weighted by Gasteiger charge is -2.05. The van der Waals surface area contributed by atoms with E-state index in [1.54, 1.807) is 17.2 Å². The van der Waals surface area contributed by atoms with E-state index < -0.39 is 0 Å². The molecule has 0 spiro atoms. The summed E-state index contributed by atoms with van der Waals surface area (Å²) in [6.07, 6.45) is 3.29. The molecule has 1 aromatic heterocycles. The van der Waals surface area contributed by atoms with Gasteiger partial charge in [0.05, 0.1) is 31.2 Å². The fraction of sp³-hybridized carbons (Fsp3) is 0.200. The summed E-state index contributed by atoms with van der Waals surface area (Å²) < 4.78 is 0. The molecule has 0 atom stereocenters. The zero-order valence-electron chi connectivity index (χ0n) is 8.21. The third kappa shape index (κ3) is 3.07. The fourth-order valence-corrected chi connectivity index (χ4v) is 1.13. The summed E-state index contributed by atoms with van der Waals surface area (Å²) in [5, 5.41) is 7.92. The van der Waals surface area contributed by atoms with E-state index in [1.807, 2.05) is 30.3 Å². The molecule has 1 heterocycles. The molecule has 1 aromatic carbocycles. The summed E-state index contributed by atoms with van der Waals surface area (Å²) in [6.45, 7) is 1.15. The molecule has 2 rings (SSSR count). The molecule has 0 amide bonds. The molecule has 2 aromatic rings. The Morgan fingerprint density at radius 1 is 1.13 bits per heavy atom. The topological polar surface area (TPSA) is 52.0 Å². The summed E-state index contributed by atoms with van der Waals surface area (Å²) >= 11 is 0. The van der Waals surface area contributed by atoms with Crippen molar-refractivity contribution in [1.82, 2.24) is 15.0 Å². The van der Waals surface area contributed by atoms with E-state index in [1.165, 1.54) is 0 Å². The monoisotopic (exact) mass is 204 g/mol. The Bertz CT molecular complexity index is 374. The van der Waals surface area contributed by atoms with Crippen molar-refractivity contribution < 1.29 is 4.84 Å². The maximum Gasteiger partial charge on any atom is 0.0959 e. The largest absolute Gasteiger partial charge is 0.274 e. The Balaban J connectivity index is 1.68. The molecular weight excluding hydrogens is 192 g/mol. The smallest absolute Gasteiger partial charge is 0.0959 e. The molecule has 0 saturated carbocycles. The predicted octanol–water partition coefficient (Wildman–Crippen LogP) is 1.32. The number of rotatable bonds is 5. The first-order chi connectivity index (χ1) is 7.45. The quantitative estimate of drug-likeness (QED) is 0.589. The summed E-state index contributed by atoms with van der Waals surface area (Å²) in [4.78, 5) is 6.82. The molecule has 0 aliphatic rings. The second-order valence-corrected chi connectivity index (χ2v) is 2.94. The molecule has 15 heavy (non-hydrogen) atoms. The van der Waals surface area contributed by atoms with E-state index >= 15 is 0 Å². The maximum absolute atomic E-state index is 5.24. The number of hydrogen-bond donors (Lipinski definition) is 1. The Morgan fingerprint density at radius 3 is 2.60 bits per heavy atom. The van der Waals surface area contributed by atoms with Gasteiger partial charge >= 0.3 is 0 Å². The minimum Gasteiger partial charge on any atom is -0.274 e. The van der Waals surface area contributed by atoms with Crippen LogP contribution in [-0.2, 0) is 11.4 Å². The molecule has 0 aliphatic carbocycles. The maximum atomic E-state index is 5.24. The fourth-order valence-electron chi connectivity index (χ4n) is 1.13. The van der Waals surface area contributed by atoms with E-state index in [0.29, 0.717) is 13.2 Å². The SMILES string of the molecule is c1ccc(NOCCn2nccn2)cc1. The molecule has 0 saturated heterocycles. The van der Waals surface area contributed by atoms with Crippen LogP contribution in [0, 0.1) is 0 Å². The average Bonchev–Trinajstić information content (AvgIpc) is 2.79. The third-order valence-electron chi connectivity index (χ3n) is 1.82. The highest BCUT2D eigenvalue weighted by Crippen LogP contribution is 2.04. The molecule has 0 unspecified atom stereocenters. The van der Waals surface area contributed by atoms with Gasteiger partial charge in [-0.05, 0) is 12.1 Å². The van der Waals surface area contributed by atoms with Crippen LogP contribution >= 0.6 is 0 Å². The standard InChI is InChI=1S/C10H12N4O/c1-2-4-10(5-3-1)13-15-9-8-14-11-6-7-12-14/h1-7,13H,8-9H2.